The fraction of sp³-hybridized carbons (Fsp3) is 0.214. The van der Waals surface area contributed by atoms with E-state index in [2.05, 4.69) is 10.3 Å². The minimum Gasteiger partial charge on any atom is -0.456 e. The summed E-state index contributed by atoms with van der Waals surface area (Å²) in [5, 5.41) is 5.45. The number of ether oxygens (including phenoxy) is 1. The molecule has 0 aliphatic rings. The lowest BCUT2D eigenvalue weighted by Crippen LogP contribution is -2.20. The van der Waals surface area contributed by atoms with Crippen molar-refractivity contribution in [3.8, 4) is 0 Å². The van der Waals surface area contributed by atoms with Gasteiger partial charge in [-0.25, -0.2) is 4.98 Å². The Morgan fingerprint density at radius 2 is 2.09 bits per heavy atom. The predicted molar refractivity (Wildman–Crippen MR) is 88.5 cm³/mol. The highest BCUT2D eigenvalue weighted by molar-refractivity contribution is 7.99. The first-order valence-electron chi connectivity index (χ1n) is 6.37. The zero-order valence-corrected chi connectivity index (χ0v) is 13.8. The molecular formula is C14H13ClN2O3S2. The van der Waals surface area contributed by atoms with Crippen molar-refractivity contribution in [1.82, 2.24) is 4.98 Å². The van der Waals surface area contributed by atoms with Crippen LogP contribution in [0.5, 0.6) is 0 Å². The molecule has 0 saturated heterocycles. The van der Waals surface area contributed by atoms with Crippen molar-refractivity contribution < 1.29 is 14.3 Å². The minimum atomic E-state index is -0.407. The van der Waals surface area contributed by atoms with E-state index >= 15 is 0 Å². The highest BCUT2D eigenvalue weighted by atomic mass is 35.5. The number of hydrogen-bond donors (Lipinski definition) is 1. The Labute approximate surface area is 141 Å². The topological polar surface area (TPSA) is 68.3 Å². The summed E-state index contributed by atoms with van der Waals surface area (Å²) < 4.78 is 4.90. The summed E-state index contributed by atoms with van der Waals surface area (Å²) in [6, 6.07) is 7.37. The number of thiazole rings is 1. The summed E-state index contributed by atoms with van der Waals surface area (Å²) in [6.45, 7) is -0.302. The number of esters is 1. The molecule has 2 aromatic rings. The Morgan fingerprint density at radius 1 is 1.32 bits per heavy atom. The first kappa shape index (κ1) is 16.8. The van der Waals surface area contributed by atoms with Crippen LogP contribution >= 0.6 is 34.7 Å². The smallest absolute Gasteiger partial charge is 0.307 e. The van der Waals surface area contributed by atoms with Crippen LogP contribution in [0.25, 0.3) is 0 Å². The van der Waals surface area contributed by atoms with Crippen molar-refractivity contribution in [2.75, 3.05) is 17.7 Å². The van der Waals surface area contributed by atoms with Crippen molar-refractivity contribution in [3.05, 3.63) is 40.9 Å². The summed E-state index contributed by atoms with van der Waals surface area (Å²) in [7, 11) is 0. The molecule has 0 saturated carbocycles. The van der Waals surface area contributed by atoms with Gasteiger partial charge in [0, 0.05) is 27.2 Å². The molecule has 1 N–H and O–H groups in total. The minimum absolute atomic E-state index is 0.234. The summed E-state index contributed by atoms with van der Waals surface area (Å²) in [5.41, 5.74) is 0. The van der Waals surface area contributed by atoms with Crippen molar-refractivity contribution >= 4 is 51.7 Å². The molecule has 116 valence electrons. The number of benzene rings is 1. The van der Waals surface area contributed by atoms with Gasteiger partial charge in [-0.2, -0.15) is 0 Å². The first-order valence-corrected chi connectivity index (χ1v) is 8.61. The summed E-state index contributed by atoms with van der Waals surface area (Å²) in [6.07, 6.45) is 1.82. The maximum absolute atomic E-state index is 11.5. The fourth-order valence-corrected chi connectivity index (χ4v) is 2.95. The van der Waals surface area contributed by atoms with Gasteiger partial charge in [-0.05, 0) is 24.3 Å². The van der Waals surface area contributed by atoms with Gasteiger partial charge in [-0.3, -0.25) is 14.9 Å². The van der Waals surface area contributed by atoms with Gasteiger partial charge in [0.25, 0.3) is 5.91 Å². The van der Waals surface area contributed by atoms with Crippen LogP contribution in [0.4, 0.5) is 5.13 Å². The molecule has 0 aliphatic heterocycles. The van der Waals surface area contributed by atoms with Gasteiger partial charge >= 0.3 is 5.97 Å². The molecule has 5 nitrogen and oxygen atoms in total. The average molecular weight is 357 g/mol. The van der Waals surface area contributed by atoms with Crippen molar-refractivity contribution in [1.29, 1.82) is 0 Å². The second-order valence-corrected chi connectivity index (χ2v) is 6.60. The van der Waals surface area contributed by atoms with E-state index in [1.165, 1.54) is 23.1 Å². The monoisotopic (exact) mass is 356 g/mol. The lowest BCUT2D eigenvalue weighted by Gasteiger charge is -2.05. The Hall–Kier alpha value is -1.57. The maximum atomic E-state index is 11.5. The third-order valence-corrected chi connectivity index (χ3v) is 4.39. The van der Waals surface area contributed by atoms with Gasteiger partial charge in [0.2, 0.25) is 0 Å². The number of anilines is 1. The summed E-state index contributed by atoms with van der Waals surface area (Å²) >= 11 is 8.62. The van der Waals surface area contributed by atoms with E-state index in [0.29, 0.717) is 15.9 Å². The molecule has 1 amide bonds. The number of thioether (sulfide) groups is 1. The van der Waals surface area contributed by atoms with Crippen LogP contribution in [0.1, 0.15) is 6.42 Å². The van der Waals surface area contributed by atoms with E-state index in [-0.39, 0.29) is 13.0 Å². The first-order chi connectivity index (χ1) is 10.6. The van der Waals surface area contributed by atoms with Crippen molar-refractivity contribution in [2.24, 2.45) is 0 Å². The third-order valence-electron chi connectivity index (χ3n) is 2.43. The molecular weight excluding hydrogens is 344 g/mol. The Morgan fingerprint density at radius 3 is 2.77 bits per heavy atom. The van der Waals surface area contributed by atoms with Crippen LogP contribution in [0.3, 0.4) is 0 Å². The number of nitrogens with one attached hydrogen (secondary N) is 1. The van der Waals surface area contributed by atoms with E-state index in [1.54, 1.807) is 23.7 Å². The molecule has 0 aliphatic carbocycles. The van der Waals surface area contributed by atoms with Gasteiger partial charge in [0.1, 0.15) is 0 Å². The molecule has 0 atom stereocenters. The Kier molecular flexibility index (Phi) is 6.70. The van der Waals surface area contributed by atoms with Crippen molar-refractivity contribution in [3.63, 3.8) is 0 Å². The van der Waals surface area contributed by atoms with E-state index in [4.69, 9.17) is 16.3 Å². The highest BCUT2D eigenvalue weighted by Crippen LogP contribution is 2.21. The average Bonchev–Trinajstić information content (AvgIpc) is 3.00. The third kappa shape index (κ3) is 6.05. The van der Waals surface area contributed by atoms with Crippen LogP contribution in [-0.4, -0.2) is 29.2 Å². The van der Waals surface area contributed by atoms with Gasteiger partial charge in [-0.15, -0.1) is 23.1 Å². The number of rotatable bonds is 7. The molecule has 0 fully saturated rings. The SMILES string of the molecule is O=C(COC(=O)CCSc1ccc(Cl)cc1)Nc1nccs1. The molecule has 22 heavy (non-hydrogen) atoms. The molecule has 0 spiro atoms. The number of amides is 1. The Balaban J connectivity index is 1.61. The number of aromatic nitrogens is 1. The second kappa shape index (κ2) is 8.77. The van der Waals surface area contributed by atoms with Gasteiger partial charge in [-0.1, -0.05) is 11.6 Å². The molecule has 0 unspecified atom stereocenters. The van der Waals surface area contributed by atoms with Crippen LogP contribution in [0.15, 0.2) is 40.7 Å². The highest BCUT2D eigenvalue weighted by Gasteiger charge is 2.09. The number of halogens is 1. The van der Waals surface area contributed by atoms with Crippen LogP contribution in [-0.2, 0) is 14.3 Å². The van der Waals surface area contributed by atoms with Gasteiger partial charge < -0.3 is 4.74 Å². The van der Waals surface area contributed by atoms with E-state index in [1.807, 2.05) is 12.1 Å². The second-order valence-electron chi connectivity index (χ2n) is 4.10. The molecule has 1 heterocycles. The molecule has 1 aromatic heterocycles. The van der Waals surface area contributed by atoms with Crippen LogP contribution in [0, 0.1) is 0 Å². The molecule has 0 radical (unpaired) electrons. The number of carbonyl (C=O) groups is 2. The number of nitrogens with zero attached hydrogens (tertiary/aromatic N) is 1. The summed E-state index contributed by atoms with van der Waals surface area (Å²) in [5.74, 6) is -0.224. The lowest BCUT2D eigenvalue weighted by molar-refractivity contribution is -0.146. The fourth-order valence-electron chi connectivity index (χ4n) is 1.44. The Bertz CT molecular complexity index is 618. The van der Waals surface area contributed by atoms with E-state index < -0.39 is 11.9 Å². The van der Waals surface area contributed by atoms with Crippen LogP contribution in [0.2, 0.25) is 5.02 Å². The molecule has 8 heteroatoms. The largest absolute Gasteiger partial charge is 0.456 e. The normalized spacial score (nSPS) is 10.2. The zero-order valence-electron chi connectivity index (χ0n) is 11.5. The van der Waals surface area contributed by atoms with E-state index in [0.717, 1.165) is 4.90 Å². The van der Waals surface area contributed by atoms with Gasteiger partial charge in [0.15, 0.2) is 11.7 Å². The molecule has 1 aromatic carbocycles. The quantitative estimate of drug-likeness (QED) is 0.607. The zero-order chi connectivity index (χ0) is 15.8. The molecule has 0 bridgehead atoms. The standard InChI is InChI=1S/C14H13ClN2O3S2/c15-10-1-3-11(4-2-10)21-7-5-13(19)20-9-12(18)17-14-16-6-8-22-14/h1-4,6,8H,5,7,9H2,(H,16,17,18). The van der Waals surface area contributed by atoms with Crippen molar-refractivity contribution in [2.45, 2.75) is 11.3 Å². The number of carbonyl (C=O) groups excluding carboxylic acids is 2. The van der Waals surface area contributed by atoms with E-state index in [9.17, 15) is 9.59 Å². The predicted octanol–water partition coefficient (Wildman–Crippen LogP) is 3.46. The maximum Gasteiger partial charge on any atom is 0.307 e. The van der Waals surface area contributed by atoms with Crippen LogP contribution < -0.4 is 5.32 Å². The summed E-state index contributed by atoms with van der Waals surface area (Å²) in [4.78, 5) is 28.0. The lowest BCUT2D eigenvalue weighted by atomic mass is 10.4. The molecule has 2 rings (SSSR count). The number of hydrogen-bond acceptors (Lipinski definition) is 6. The van der Waals surface area contributed by atoms with Gasteiger partial charge in [0.05, 0.1) is 6.42 Å².